The molecule has 0 radical (unpaired) electrons. The maximum Gasteiger partial charge on any atom is 0.434 e. The maximum absolute atomic E-state index is 12.6. The number of halogens is 3. The predicted octanol–water partition coefficient (Wildman–Crippen LogP) is 2.78. The first-order chi connectivity index (χ1) is 11.9. The van der Waals surface area contributed by atoms with Gasteiger partial charge in [0.05, 0.1) is 11.6 Å². The van der Waals surface area contributed by atoms with Crippen molar-refractivity contribution in [2.45, 2.75) is 32.4 Å². The number of rotatable bonds is 4. The van der Waals surface area contributed by atoms with Crippen LogP contribution < -0.4 is 5.32 Å². The van der Waals surface area contributed by atoms with E-state index in [4.69, 9.17) is 4.74 Å². The average Bonchev–Trinajstić information content (AvgIpc) is 3.29. The van der Waals surface area contributed by atoms with E-state index in [2.05, 4.69) is 20.2 Å². The normalized spacial score (nSPS) is 24.5. The first-order valence-electron chi connectivity index (χ1n) is 8.54. The summed E-state index contributed by atoms with van der Waals surface area (Å²) in [7, 11) is 0. The first-order valence-corrected chi connectivity index (χ1v) is 9.42. The number of alkyl halides is 3. The van der Waals surface area contributed by atoms with Gasteiger partial charge in [-0.15, -0.1) is 11.3 Å². The maximum atomic E-state index is 12.6. The van der Waals surface area contributed by atoms with Gasteiger partial charge in [-0.3, -0.25) is 4.99 Å². The number of hydrogen-bond donors (Lipinski definition) is 1. The summed E-state index contributed by atoms with van der Waals surface area (Å²) in [5, 5.41) is 4.82. The van der Waals surface area contributed by atoms with Crippen LogP contribution in [0, 0.1) is 5.41 Å². The summed E-state index contributed by atoms with van der Waals surface area (Å²) >= 11 is 1.04. The van der Waals surface area contributed by atoms with Gasteiger partial charge < -0.3 is 15.0 Å². The van der Waals surface area contributed by atoms with E-state index >= 15 is 0 Å². The summed E-state index contributed by atoms with van der Waals surface area (Å²) in [5.41, 5.74) is -0.571. The molecule has 9 heteroatoms. The van der Waals surface area contributed by atoms with Crippen molar-refractivity contribution in [3.8, 4) is 0 Å². The molecular formula is C16H23F3N4OS. The van der Waals surface area contributed by atoms with Crippen LogP contribution in [0.1, 0.15) is 30.5 Å². The largest absolute Gasteiger partial charge is 0.434 e. The molecule has 3 rings (SSSR count). The molecule has 0 bridgehead atoms. The second-order valence-electron chi connectivity index (χ2n) is 6.58. The van der Waals surface area contributed by atoms with Gasteiger partial charge in [-0.25, -0.2) is 4.98 Å². The highest BCUT2D eigenvalue weighted by atomic mass is 32.1. The summed E-state index contributed by atoms with van der Waals surface area (Å²) in [5.74, 6) is 0.832. The molecule has 2 aliphatic heterocycles. The lowest BCUT2D eigenvalue weighted by molar-refractivity contribution is -0.140. The van der Waals surface area contributed by atoms with Crippen LogP contribution in [0.2, 0.25) is 0 Å². The fourth-order valence-corrected chi connectivity index (χ4v) is 4.12. The highest BCUT2D eigenvalue weighted by molar-refractivity contribution is 7.09. The predicted molar refractivity (Wildman–Crippen MR) is 90.9 cm³/mol. The van der Waals surface area contributed by atoms with Crippen LogP contribution in [0.3, 0.4) is 0 Å². The highest BCUT2D eigenvalue weighted by Crippen LogP contribution is 2.38. The zero-order valence-electron chi connectivity index (χ0n) is 14.2. The molecule has 1 unspecified atom stereocenters. The molecule has 0 aliphatic carbocycles. The Labute approximate surface area is 149 Å². The van der Waals surface area contributed by atoms with E-state index in [-0.39, 0.29) is 5.41 Å². The van der Waals surface area contributed by atoms with Crippen LogP contribution in [-0.4, -0.2) is 55.2 Å². The molecule has 1 aromatic heterocycles. The topological polar surface area (TPSA) is 49.8 Å². The Morgan fingerprint density at radius 3 is 2.96 bits per heavy atom. The van der Waals surface area contributed by atoms with Gasteiger partial charge in [0.1, 0.15) is 0 Å². The number of thiazole rings is 1. The number of ether oxygens (including phenoxy) is 1. The lowest BCUT2D eigenvalue weighted by Crippen LogP contribution is -2.41. The Bertz CT molecular complexity index is 611. The number of nitrogens with one attached hydrogen (secondary N) is 1. The minimum Gasteiger partial charge on any atom is -0.381 e. The number of guanidine groups is 1. The fourth-order valence-electron chi connectivity index (χ4n) is 3.33. The van der Waals surface area contributed by atoms with Gasteiger partial charge in [0.25, 0.3) is 0 Å². The molecule has 1 N–H and O–H groups in total. The van der Waals surface area contributed by atoms with E-state index in [1.807, 2.05) is 6.92 Å². The van der Waals surface area contributed by atoms with Crippen molar-refractivity contribution in [2.24, 2.45) is 10.4 Å². The van der Waals surface area contributed by atoms with E-state index in [1.165, 1.54) is 0 Å². The summed E-state index contributed by atoms with van der Waals surface area (Å²) in [6.07, 6.45) is -1.78. The Balaban J connectivity index is 1.58. The second kappa shape index (κ2) is 7.49. The van der Waals surface area contributed by atoms with Gasteiger partial charge in [0.15, 0.2) is 11.7 Å². The monoisotopic (exact) mass is 376 g/mol. The standard InChI is InChI=1S/C16H23F3N4OS/c1-2-20-14(23-7-4-15(10-23)5-8-24-11-15)21-6-3-13-22-12(9-25-13)16(17,18)19/h9H,2-8,10-11H2,1H3,(H,20,21). The van der Waals surface area contributed by atoms with Crippen LogP contribution in [0.4, 0.5) is 13.2 Å². The number of likely N-dealkylation sites (tertiary alicyclic amines) is 1. The van der Waals surface area contributed by atoms with Crippen molar-refractivity contribution in [3.63, 3.8) is 0 Å². The molecule has 1 atom stereocenters. The van der Waals surface area contributed by atoms with Gasteiger partial charge in [0, 0.05) is 50.0 Å². The van der Waals surface area contributed by atoms with Crippen molar-refractivity contribution in [1.82, 2.24) is 15.2 Å². The number of nitrogens with zero attached hydrogens (tertiary/aromatic N) is 3. The minimum atomic E-state index is -4.37. The van der Waals surface area contributed by atoms with Crippen LogP contribution in [0.15, 0.2) is 10.4 Å². The third-order valence-corrected chi connectivity index (χ3v) is 5.60. The van der Waals surface area contributed by atoms with Crippen LogP contribution >= 0.6 is 11.3 Å². The third kappa shape index (κ3) is 4.44. The van der Waals surface area contributed by atoms with Crippen molar-refractivity contribution in [3.05, 3.63) is 16.1 Å². The molecule has 3 heterocycles. The van der Waals surface area contributed by atoms with E-state index in [0.717, 1.165) is 68.4 Å². The zero-order valence-corrected chi connectivity index (χ0v) is 15.0. The Morgan fingerprint density at radius 1 is 1.48 bits per heavy atom. The number of aromatic nitrogens is 1. The molecule has 1 aromatic rings. The molecular weight excluding hydrogens is 353 g/mol. The Kier molecular flexibility index (Phi) is 5.52. The van der Waals surface area contributed by atoms with Gasteiger partial charge >= 0.3 is 6.18 Å². The summed E-state index contributed by atoms with van der Waals surface area (Å²) in [6.45, 7) is 6.69. The quantitative estimate of drug-likeness (QED) is 0.649. The van der Waals surface area contributed by atoms with Crippen LogP contribution in [0.5, 0.6) is 0 Å². The SMILES string of the molecule is CCNC(=NCCc1nc(C(F)(F)F)cs1)N1CCC2(CCOC2)C1. The molecule has 1 spiro atoms. The van der Waals surface area contributed by atoms with Crippen molar-refractivity contribution in [1.29, 1.82) is 0 Å². The van der Waals surface area contributed by atoms with Crippen molar-refractivity contribution >= 4 is 17.3 Å². The Morgan fingerprint density at radius 2 is 2.32 bits per heavy atom. The van der Waals surface area contributed by atoms with E-state index in [0.29, 0.717) is 18.0 Å². The fraction of sp³-hybridized carbons (Fsp3) is 0.750. The first kappa shape index (κ1) is 18.4. The Hall–Kier alpha value is -1.35. The molecule has 5 nitrogen and oxygen atoms in total. The molecule has 0 aromatic carbocycles. The third-order valence-electron chi connectivity index (χ3n) is 4.69. The van der Waals surface area contributed by atoms with Crippen molar-refractivity contribution in [2.75, 3.05) is 39.4 Å². The summed E-state index contributed by atoms with van der Waals surface area (Å²) in [4.78, 5) is 10.5. The molecule has 2 aliphatic rings. The number of aliphatic imine (C=N–C) groups is 1. The number of hydrogen-bond acceptors (Lipinski definition) is 4. The molecule has 0 saturated carbocycles. The van der Waals surface area contributed by atoms with E-state index in [1.54, 1.807) is 0 Å². The minimum absolute atomic E-state index is 0.243. The lowest BCUT2D eigenvalue weighted by Gasteiger charge is -2.24. The second-order valence-corrected chi connectivity index (χ2v) is 7.53. The molecule has 140 valence electrons. The molecule has 2 fully saturated rings. The van der Waals surface area contributed by atoms with E-state index < -0.39 is 11.9 Å². The molecule has 25 heavy (non-hydrogen) atoms. The van der Waals surface area contributed by atoms with Gasteiger partial charge in [-0.05, 0) is 19.8 Å². The molecule has 2 saturated heterocycles. The van der Waals surface area contributed by atoms with E-state index in [9.17, 15) is 13.2 Å². The van der Waals surface area contributed by atoms with Gasteiger partial charge in [-0.2, -0.15) is 13.2 Å². The lowest BCUT2D eigenvalue weighted by atomic mass is 9.87. The zero-order chi connectivity index (χ0) is 17.9. The van der Waals surface area contributed by atoms with Crippen LogP contribution in [0.25, 0.3) is 0 Å². The van der Waals surface area contributed by atoms with Crippen LogP contribution in [-0.2, 0) is 17.3 Å². The highest BCUT2D eigenvalue weighted by Gasteiger charge is 2.42. The smallest absolute Gasteiger partial charge is 0.381 e. The summed E-state index contributed by atoms with van der Waals surface area (Å²) in [6, 6.07) is 0. The average molecular weight is 376 g/mol. The summed E-state index contributed by atoms with van der Waals surface area (Å²) < 4.78 is 43.3. The molecule has 0 amide bonds. The van der Waals surface area contributed by atoms with Gasteiger partial charge in [-0.1, -0.05) is 0 Å². The van der Waals surface area contributed by atoms with Gasteiger partial charge in [0.2, 0.25) is 0 Å². The van der Waals surface area contributed by atoms with Crippen molar-refractivity contribution < 1.29 is 17.9 Å².